The van der Waals surface area contributed by atoms with Crippen LogP contribution in [0.5, 0.6) is 0 Å². The molecule has 3 aliphatic rings. The van der Waals surface area contributed by atoms with E-state index < -0.39 is 68.0 Å². The van der Waals surface area contributed by atoms with Crippen molar-refractivity contribution in [3.63, 3.8) is 0 Å². The van der Waals surface area contributed by atoms with Crippen molar-refractivity contribution in [1.29, 1.82) is 0 Å². The first-order valence-electron chi connectivity index (χ1n) is 7.03. The van der Waals surface area contributed by atoms with E-state index in [-0.39, 0.29) is 6.61 Å². The van der Waals surface area contributed by atoms with Gasteiger partial charge in [-0.1, -0.05) is 0 Å². The fraction of sp³-hybridized carbons (Fsp3) is 1.00. The van der Waals surface area contributed by atoms with Crippen molar-refractivity contribution in [3.05, 3.63) is 0 Å². The zero-order valence-electron chi connectivity index (χ0n) is 11.5. The summed E-state index contributed by atoms with van der Waals surface area (Å²) in [5.74, 6) is 0. The Hall–Kier alpha value is -0.400. The van der Waals surface area contributed by atoms with Gasteiger partial charge in [0.1, 0.15) is 48.8 Å². The first-order chi connectivity index (χ1) is 10.4. The zero-order valence-corrected chi connectivity index (χ0v) is 11.5. The van der Waals surface area contributed by atoms with Crippen LogP contribution in [-0.4, -0.2) is 105 Å². The number of hydrogen-bond acceptors (Lipinski definition) is 10. The van der Waals surface area contributed by atoms with Crippen LogP contribution in [0.15, 0.2) is 0 Å². The molecule has 3 aliphatic heterocycles. The Labute approximate surface area is 125 Å². The summed E-state index contributed by atoms with van der Waals surface area (Å²) in [5, 5.41) is 58.6. The average Bonchev–Trinajstić information content (AvgIpc) is 2.96. The highest BCUT2D eigenvalue weighted by molar-refractivity contribution is 4.96. The van der Waals surface area contributed by atoms with E-state index in [2.05, 4.69) is 0 Å². The number of aliphatic hydroxyl groups is 6. The third-order valence-corrected chi connectivity index (χ3v) is 4.21. The number of aliphatic hydroxyl groups excluding tert-OH is 6. The Morgan fingerprint density at radius 2 is 1.59 bits per heavy atom. The molecule has 10 heteroatoms. The summed E-state index contributed by atoms with van der Waals surface area (Å²) < 4.78 is 20.9. The highest BCUT2D eigenvalue weighted by Crippen LogP contribution is 2.32. The van der Waals surface area contributed by atoms with Crippen LogP contribution in [0, 0.1) is 0 Å². The monoisotopic (exact) mass is 324 g/mol. The Morgan fingerprint density at radius 3 is 2.27 bits per heavy atom. The van der Waals surface area contributed by atoms with Crippen LogP contribution in [0.1, 0.15) is 0 Å². The predicted octanol–water partition coefficient (Wildman–Crippen LogP) is -4.35. The second-order valence-corrected chi connectivity index (χ2v) is 5.66. The topological polar surface area (TPSA) is 158 Å². The van der Waals surface area contributed by atoms with Gasteiger partial charge in [-0.25, -0.2) is 0 Å². The van der Waals surface area contributed by atoms with Gasteiger partial charge in [-0.3, -0.25) is 0 Å². The number of ether oxygens (including phenoxy) is 4. The number of rotatable bonds is 3. The molecule has 10 atom stereocenters. The van der Waals surface area contributed by atoms with Crippen molar-refractivity contribution in [3.8, 4) is 0 Å². The molecular formula is C12H20O10. The highest BCUT2D eigenvalue weighted by Gasteiger charge is 2.53. The minimum atomic E-state index is -1.61. The second-order valence-electron chi connectivity index (χ2n) is 5.66. The third kappa shape index (κ3) is 2.65. The van der Waals surface area contributed by atoms with Gasteiger partial charge >= 0.3 is 0 Å². The van der Waals surface area contributed by atoms with E-state index in [4.69, 9.17) is 24.1 Å². The maximum atomic E-state index is 10.1. The quantitative estimate of drug-likeness (QED) is 0.299. The van der Waals surface area contributed by atoms with Crippen LogP contribution < -0.4 is 0 Å². The molecule has 0 saturated carbocycles. The van der Waals surface area contributed by atoms with Crippen LogP contribution in [0.2, 0.25) is 0 Å². The van der Waals surface area contributed by atoms with Gasteiger partial charge in [-0.05, 0) is 0 Å². The molecule has 2 bridgehead atoms. The van der Waals surface area contributed by atoms with Gasteiger partial charge in [0.2, 0.25) is 0 Å². The van der Waals surface area contributed by atoms with Gasteiger partial charge in [-0.15, -0.1) is 0 Å². The first kappa shape index (κ1) is 16.5. The molecular weight excluding hydrogens is 304 g/mol. The predicted molar refractivity (Wildman–Crippen MR) is 65.3 cm³/mol. The van der Waals surface area contributed by atoms with Gasteiger partial charge in [0.15, 0.2) is 12.6 Å². The molecule has 10 nitrogen and oxygen atoms in total. The molecule has 6 N–H and O–H groups in total. The molecule has 0 spiro atoms. The summed E-state index contributed by atoms with van der Waals surface area (Å²) in [6.07, 6.45) is -12.6. The lowest BCUT2D eigenvalue weighted by molar-refractivity contribution is -0.341. The molecule has 22 heavy (non-hydrogen) atoms. The normalized spacial score (nSPS) is 55.4. The number of hydrogen-bond donors (Lipinski definition) is 6. The molecule has 0 radical (unpaired) electrons. The summed E-state index contributed by atoms with van der Waals surface area (Å²) in [5.41, 5.74) is 0. The molecule has 3 fully saturated rings. The summed E-state index contributed by atoms with van der Waals surface area (Å²) in [6.45, 7) is -0.504. The molecule has 3 rings (SSSR count). The van der Waals surface area contributed by atoms with E-state index in [1.54, 1.807) is 0 Å². The van der Waals surface area contributed by atoms with Gasteiger partial charge < -0.3 is 49.6 Å². The zero-order chi connectivity index (χ0) is 16.0. The summed E-state index contributed by atoms with van der Waals surface area (Å²) in [7, 11) is 0. The standard InChI is InChI=1S/C12H20O10/c13-1-3-5(14)7(16)8(17)12(20-3)22-10-6(15)4-2-19-11(21-4)9(10)18/h3-18H,1-2H2/t3-,4-,5-,6-,7+,8-,9-,10+,11-,12+/m1/s1. The van der Waals surface area contributed by atoms with Gasteiger partial charge in [0.05, 0.1) is 13.2 Å². The molecule has 3 heterocycles. The average molecular weight is 324 g/mol. The van der Waals surface area contributed by atoms with Crippen molar-refractivity contribution in [2.45, 2.75) is 61.4 Å². The smallest absolute Gasteiger partial charge is 0.187 e. The lowest BCUT2D eigenvalue weighted by Gasteiger charge is -2.43. The van der Waals surface area contributed by atoms with E-state index in [0.717, 1.165) is 0 Å². The Balaban J connectivity index is 1.71. The van der Waals surface area contributed by atoms with Crippen molar-refractivity contribution in [2.75, 3.05) is 13.2 Å². The summed E-state index contributed by atoms with van der Waals surface area (Å²) >= 11 is 0. The first-order valence-corrected chi connectivity index (χ1v) is 7.03. The molecule has 0 unspecified atom stereocenters. The van der Waals surface area contributed by atoms with Crippen LogP contribution >= 0.6 is 0 Å². The van der Waals surface area contributed by atoms with Crippen molar-refractivity contribution in [1.82, 2.24) is 0 Å². The van der Waals surface area contributed by atoms with E-state index in [0.29, 0.717) is 0 Å². The van der Waals surface area contributed by atoms with Crippen LogP contribution in [0.3, 0.4) is 0 Å². The Kier molecular flexibility index (Phi) is 4.67. The third-order valence-electron chi connectivity index (χ3n) is 4.21. The lowest BCUT2D eigenvalue weighted by atomic mass is 9.98. The minimum Gasteiger partial charge on any atom is -0.394 e. The summed E-state index contributed by atoms with van der Waals surface area (Å²) in [6, 6.07) is 0. The Morgan fingerprint density at radius 1 is 0.864 bits per heavy atom. The van der Waals surface area contributed by atoms with Crippen molar-refractivity contribution in [2.24, 2.45) is 0 Å². The van der Waals surface area contributed by atoms with E-state index in [9.17, 15) is 25.5 Å². The van der Waals surface area contributed by atoms with Crippen LogP contribution in [0.4, 0.5) is 0 Å². The van der Waals surface area contributed by atoms with Gasteiger partial charge in [0.25, 0.3) is 0 Å². The fourth-order valence-electron chi connectivity index (χ4n) is 2.86. The molecule has 0 amide bonds. The van der Waals surface area contributed by atoms with Gasteiger partial charge in [-0.2, -0.15) is 0 Å². The molecule has 0 aromatic carbocycles. The minimum absolute atomic E-state index is 0.0947. The van der Waals surface area contributed by atoms with E-state index >= 15 is 0 Å². The Bertz CT molecular complexity index is 376. The maximum Gasteiger partial charge on any atom is 0.187 e. The SMILES string of the molecule is OC[C@H]1O[C@@H](O[C@@H]2[C@@H](O)[C@@H]3OC[C@@H](O3)[C@H]2O)[C@H](O)[C@@H](O)[C@@H]1O. The van der Waals surface area contributed by atoms with Crippen LogP contribution in [-0.2, 0) is 18.9 Å². The maximum absolute atomic E-state index is 10.1. The molecule has 0 aromatic heterocycles. The largest absolute Gasteiger partial charge is 0.394 e. The fourth-order valence-corrected chi connectivity index (χ4v) is 2.86. The van der Waals surface area contributed by atoms with Gasteiger partial charge in [0, 0.05) is 0 Å². The van der Waals surface area contributed by atoms with Crippen molar-refractivity contribution >= 4 is 0 Å². The summed E-state index contributed by atoms with van der Waals surface area (Å²) in [4.78, 5) is 0. The van der Waals surface area contributed by atoms with E-state index in [1.165, 1.54) is 0 Å². The van der Waals surface area contributed by atoms with E-state index in [1.807, 2.05) is 0 Å². The lowest BCUT2D eigenvalue weighted by Crippen LogP contribution is -2.63. The second kappa shape index (κ2) is 6.24. The molecule has 128 valence electrons. The molecule has 0 aliphatic carbocycles. The highest BCUT2D eigenvalue weighted by atomic mass is 16.8. The molecule has 0 aromatic rings. The number of fused-ring (bicyclic) bond motifs is 2. The van der Waals surface area contributed by atoms with Crippen molar-refractivity contribution < 1.29 is 49.6 Å². The molecule has 3 saturated heterocycles. The van der Waals surface area contributed by atoms with Crippen LogP contribution in [0.25, 0.3) is 0 Å².